The summed E-state index contributed by atoms with van der Waals surface area (Å²) in [7, 11) is 1.86. The van der Waals surface area contributed by atoms with Gasteiger partial charge in [-0.1, -0.05) is 29.8 Å². The first-order chi connectivity index (χ1) is 13.1. The van der Waals surface area contributed by atoms with Gasteiger partial charge in [0.05, 0.1) is 6.20 Å². The second kappa shape index (κ2) is 8.91. The van der Waals surface area contributed by atoms with E-state index in [1.54, 1.807) is 16.7 Å². The normalized spacial score (nSPS) is 10.8. The minimum absolute atomic E-state index is 0.0456. The molecule has 0 atom stereocenters. The molecule has 5 heteroatoms. The SMILES string of the molecule is CCn1cc(-c2cccc(C(=O)N(C)CCSc3ccc(C)cc3)c2)cn1. The van der Waals surface area contributed by atoms with Crippen LogP contribution in [0.1, 0.15) is 22.8 Å². The lowest BCUT2D eigenvalue weighted by Gasteiger charge is -2.17. The van der Waals surface area contributed by atoms with Crippen molar-refractivity contribution in [2.75, 3.05) is 19.3 Å². The fourth-order valence-electron chi connectivity index (χ4n) is 2.77. The first-order valence-electron chi connectivity index (χ1n) is 9.14. The zero-order chi connectivity index (χ0) is 19.2. The molecular formula is C22H25N3OS. The molecule has 0 fully saturated rings. The van der Waals surface area contributed by atoms with E-state index in [9.17, 15) is 4.79 Å². The number of thioether (sulfide) groups is 1. The molecule has 2 aromatic carbocycles. The predicted octanol–water partition coefficient (Wildman–Crippen LogP) is 4.74. The number of hydrogen-bond acceptors (Lipinski definition) is 3. The Hall–Kier alpha value is -2.53. The summed E-state index contributed by atoms with van der Waals surface area (Å²) < 4.78 is 1.89. The lowest BCUT2D eigenvalue weighted by molar-refractivity contribution is 0.0804. The number of carbonyl (C=O) groups is 1. The van der Waals surface area contributed by atoms with Gasteiger partial charge in [-0.15, -0.1) is 11.8 Å². The third-order valence-electron chi connectivity index (χ3n) is 4.46. The molecular weight excluding hydrogens is 354 g/mol. The lowest BCUT2D eigenvalue weighted by Crippen LogP contribution is -2.28. The van der Waals surface area contributed by atoms with E-state index in [-0.39, 0.29) is 5.91 Å². The van der Waals surface area contributed by atoms with Crippen LogP contribution in [-0.4, -0.2) is 39.9 Å². The van der Waals surface area contributed by atoms with E-state index in [1.165, 1.54) is 10.5 Å². The molecule has 27 heavy (non-hydrogen) atoms. The summed E-state index contributed by atoms with van der Waals surface area (Å²) >= 11 is 1.77. The van der Waals surface area contributed by atoms with Gasteiger partial charge in [-0.05, 0) is 43.7 Å². The van der Waals surface area contributed by atoms with Crippen molar-refractivity contribution in [3.05, 3.63) is 72.1 Å². The van der Waals surface area contributed by atoms with Crippen LogP contribution in [0.5, 0.6) is 0 Å². The van der Waals surface area contributed by atoms with Crippen molar-refractivity contribution in [3.63, 3.8) is 0 Å². The largest absolute Gasteiger partial charge is 0.341 e. The summed E-state index contributed by atoms with van der Waals surface area (Å²) in [5.74, 6) is 0.915. The molecule has 3 rings (SSSR count). The molecule has 0 spiro atoms. The highest BCUT2D eigenvalue weighted by Crippen LogP contribution is 2.21. The number of nitrogens with zero attached hydrogens (tertiary/aromatic N) is 3. The molecule has 0 unspecified atom stereocenters. The van der Waals surface area contributed by atoms with Crippen LogP contribution in [0.25, 0.3) is 11.1 Å². The van der Waals surface area contributed by atoms with Gasteiger partial charge >= 0.3 is 0 Å². The molecule has 0 aliphatic carbocycles. The number of hydrogen-bond donors (Lipinski definition) is 0. The number of aromatic nitrogens is 2. The minimum atomic E-state index is 0.0456. The number of benzene rings is 2. The standard InChI is InChI=1S/C22H25N3OS/c1-4-25-16-20(15-23-25)18-6-5-7-19(14-18)22(26)24(3)12-13-27-21-10-8-17(2)9-11-21/h5-11,14-16H,4,12-13H2,1-3H3. The van der Waals surface area contributed by atoms with Crippen molar-refractivity contribution in [2.24, 2.45) is 0 Å². The van der Waals surface area contributed by atoms with Gasteiger partial charge < -0.3 is 4.90 Å². The van der Waals surface area contributed by atoms with Crippen LogP contribution in [0, 0.1) is 6.92 Å². The maximum absolute atomic E-state index is 12.8. The van der Waals surface area contributed by atoms with E-state index in [0.717, 1.165) is 23.4 Å². The fourth-order valence-corrected chi connectivity index (χ4v) is 3.70. The Morgan fingerprint density at radius 2 is 1.93 bits per heavy atom. The van der Waals surface area contributed by atoms with Crippen LogP contribution in [-0.2, 0) is 6.54 Å². The Labute approximate surface area is 165 Å². The summed E-state index contributed by atoms with van der Waals surface area (Å²) in [5, 5.41) is 4.31. The summed E-state index contributed by atoms with van der Waals surface area (Å²) in [6.45, 7) is 5.68. The Morgan fingerprint density at radius 3 is 2.63 bits per heavy atom. The summed E-state index contributed by atoms with van der Waals surface area (Å²) in [6.07, 6.45) is 3.85. The number of rotatable bonds is 7. The topological polar surface area (TPSA) is 38.1 Å². The smallest absolute Gasteiger partial charge is 0.253 e. The lowest BCUT2D eigenvalue weighted by atomic mass is 10.1. The molecule has 3 aromatic rings. The van der Waals surface area contributed by atoms with Crippen LogP contribution in [0.2, 0.25) is 0 Å². The first kappa shape index (κ1) is 19.2. The molecule has 0 aliphatic rings. The average molecular weight is 380 g/mol. The Morgan fingerprint density at radius 1 is 1.15 bits per heavy atom. The molecule has 4 nitrogen and oxygen atoms in total. The highest BCUT2D eigenvalue weighted by molar-refractivity contribution is 7.99. The van der Waals surface area contributed by atoms with Gasteiger partial charge in [0.1, 0.15) is 0 Å². The summed E-state index contributed by atoms with van der Waals surface area (Å²) in [6, 6.07) is 16.3. The van der Waals surface area contributed by atoms with Crippen LogP contribution in [0.15, 0.2) is 65.8 Å². The number of amides is 1. The second-order valence-corrected chi connectivity index (χ2v) is 7.72. The van der Waals surface area contributed by atoms with Crippen molar-refractivity contribution in [1.29, 1.82) is 0 Å². The van der Waals surface area contributed by atoms with Crippen LogP contribution < -0.4 is 0 Å². The van der Waals surface area contributed by atoms with Gasteiger partial charge in [-0.3, -0.25) is 9.48 Å². The van der Waals surface area contributed by atoms with E-state index < -0.39 is 0 Å². The molecule has 1 heterocycles. The maximum Gasteiger partial charge on any atom is 0.253 e. The monoisotopic (exact) mass is 379 g/mol. The van der Waals surface area contributed by atoms with Gasteiger partial charge in [0.15, 0.2) is 0 Å². The molecule has 0 saturated carbocycles. The third-order valence-corrected chi connectivity index (χ3v) is 5.46. The van der Waals surface area contributed by atoms with E-state index in [4.69, 9.17) is 0 Å². The van der Waals surface area contributed by atoms with Crippen molar-refractivity contribution < 1.29 is 4.79 Å². The molecule has 0 aliphatic heterocycles. The van der Waals surface area contributed by atoms with Gasteiger partial charge in [0, 0.05) is 48.1 Å². The highest BCUT2D eigenvalue weighted by atomic mass is 32.2. The highest BCUT2D eigenvalue weighted by Gasteiger charge is 2.13. The van der Waals surface area contributed by atoms with Gasteiger partial charge in [-0.25, -0.2) is 0 Å². The van der Waals surface area contributed by atoms with Gasteiger partial charge in [0.25, 0.3) is 5.91 Å². The molecule has 1 aromatic heterocycles. The average Bonchev–Trinajstić information content (AvgIpc) is 3.18. The maximum atomic E-state index is 12.8. The van der Waals surface area contributed by atoms with E-state index >= 15 is 0 Å². The third kappa shape index (κ3) is 5.01. The van der Waals surface area contributed by atoms with Gasteiger partial charge in [-0.2, -0.15) is 5.10 Å². The Kier molecular flexibility index (Phi) is 6.35. The molecule has 1 amide bonds. The first-order valence-corrected chi connectivity index (χ1v) is 10.1. The Balaban J connectivity index is 1.60. The second-order valence-electron chi connectivity index (χ2n) is 6.55. The zero-order valence-corrected chi connectivity index (χ0v) is 16.9. The molecule has 0 radical (unpaired) electrons. The Bertz CT molecular complexity index is 902. The summed E-state index contributed by atoms with van der Waals surface area (Å²) in [4.78, 5) is 15.8. The molecule has 0 saturated heterocycles. The quantitative estimate of drug-likeness (QED) is 0.556. The minimum Gasteiger partial charge on any atom is -0.341 e. The fraction of sp³-hybridized carbons (Fsp3) is 0.273. The van der Waals surface area contributed by atoms with Crippen LogP contribution in [0.3, 0.4) is 0 Å². The number of aryl methyl sites for hydroxylation is 2. The van der Waals surface area contributed by atoms with Crippen molar-refractivity contribution >= 4 is 17.7 Å². The van der Waals surface area contributed by atoms with Crippen LogP contribution in [0.4, 0.5) is 0 Å². The van der Waals surface area contributed by atoms with E-state index in [1.807, 2.05) is 48.4 Å². The van der Waals surface area contributed by atoms with Crippen LogP contribution >= 0.6 is 11.8 Å². The molecule has 140 valence electrons. The van der Waals surface area contributed by atoms with Gasteiger partial charge in [0.2, 0.25) is 0 Å². The zero-order valence-electron chi connectivity index (χ0n) is 16.1. The van der Waals surface area contributed by atoms with E-state index in [0.29, 0.717) is 12.1 Å². The van der Waals surface area contributed by atoms with Crippen molar-refractivity contribution in [3.8, 4) is 11.1 Å². The van der Waals surface area contributed by atoms with E-state index in [2.05, 4.69) is 43.2 Å². The molecule has 0 N–H and O–H groups in total. The van der Waals surface area contributed by atoms with Crippen molar-refractivity contribution in [2.45, 2.75) is 25.3 Å². The number of carbonyl (C=O) groups excluding carboxylic acids is 1. The van der Waals surface area contributed by atoms with Crippen molar-refractivity contribution in [1.82, 2.24) is 14.7 Å². The predicted molar refractivity (Wildman–Crippen MR) is 112 cm³/mol. The molecule has 0 bridgehead atoms. The summed E-state index contributed by atoms with van der Waals surface area (Å²) in [5.41, 5.74) is 4.02.